The minimum atomic E-state index is -0.989. The number of aliphatic hydroxyl groups is 1. The van der Waals surface area contributed by atoms with E-state index in [9.17, 15) is 14.7 Å². The van der Waals surface area contributed by atoms with Gasteiger partial charge in [0.15, 0.2) is 24.7 Å². The SMILES string of the molecule is CCC1O[C@@H](OC2[C@H](O[C@H]3CCC4(C)C5CC=C6C7CC(C)(C)CC[C@]7(CO)C(OC)C[C@@]6(C)[C@@]5(C)CC[C@H]4[C@@]3(C)C=O)OC(C(C)=O)[C@@H](C)[C@@H]2O[C@@H]2OC[C@@H](C)[C@H](C)C2C)C(C)[C@@H](C)[C@H]1C. The van der Waals surface area contributed by atoms with E-state index in [4.69, 9.17) is 33.2 Å². The summed E-state index contributed by atoms with van der Waals surface area (Å²) < 4.78 is 48.4. The molecular formula is C57H94O10. The largest absolute Gasteiger partial charge is 0.396 e. The van der Waals surface area contributed by atoms with Gasteiger partial charge in [-0.2, -0.15) is 0 Å². The van der Waals surface area contributed by atoms with Crippen LogP contribution in [0.25, 0.3) is 0 Å². The molecule has 0 amide bonds. The molecule has 5 aliphatic carbocycles. The van der Waals surface area contributed by atoms with Crippen molar-refractivity contribution in [2.24, 2.45) is 91.7 Å². The number of carbonyl (C=O) groups is 2. The van der Waals surface area contributed by atoms with Gasteiger partial charge in [-0.1, -0.05) is 109 Å². The molecule has 24 atom stereocenters. The molecule has 0 aromatic rings. The molecule has 382 valence electrons. The third-order valence-electron chi connectivity index (χ3n) is 22.6. The van der Waals surface area contributed by atoms with Crippen LogP contribution in [-0.2, 0) is 42.7 Å². The lowest BCUT2D eigenvalue weighted by atomic mass is 9.33. The molecule has 0 spiro atoms. The van der Waals surface area contributed by atoms with Gasteiger partial charge in [-0.15, -0.1) is 0 Å². The van der Waals surface area contributed by atoms with Crippen LogP contribution in [0.2, 0.25) is 0 Å². The van der Waals surface area contributed by atoms with E-state index in [1.165, 1.54) is 6.29 Å². The molecule has 10 heteroatoms. The maximum absolute atomic E-state index is 14.1. The lowest BCUT2D eigenvalue weighted by Crippen LogP contribution is -2.68. The summed E-state index contributed by atoms with van der Waals surface area (Å²) in [5, 5.41) is 11.3. The smallest absolute Gasteiger partial charge is 0.187 e. The second-order valence-corrected chi connectivity index (χ2v) is 26.2. The number of fused-ring (bicyclic) bond motifs is 7. The zero-order valence-corrected chi connectivity index (χ0v) is 44.7. The highest BCUT2D eigenvalue weighted by Crippen LogP contribution is 2.76. The Balaban J connectivity index is 1.13. The highest BCUT2D eigenvalue weighted by molar-refractivity contribution is 5.81. The van der Waals surface area contributed by atoms with E-state index in [0.717, 1.165) is 57.8 Å². The van der Waals surface area contributed by atoms with Gasteiger partial charge in [-0.25, -0.2) is 0 Å². The second-order valence-electron chi connectivity index (χ2n) is 26.2. The number of ether oxygens (including phenoxy) is 7. The Morgan fingerprint density at radius 1 is 0.761 bits per heavy atom. The molecule has 8 aliphatic rings. The van der Waals surface area contributed by atoms with Gasteiger partial charge in [-0.3, -0.25) is 4.79 Å². The number of aldehydes is 1. The number of aliphatic hydroxyl groups excluding tert-OH is 1. The van der Waals surface area contributed by atoms with Crippen LogP contribution in [0.5, 0.6) is 0 Å². The summed E-state index contributed by atoms with van der Waals surface area (Å²) in [5.41, 5.74) is 0.379. The number of Topliss-reactive ketones (excluding diaryl/α,β-unsaturated/α-hetero) is 1. The second kappa shape index (κ2) is 18.7. The third kappa shape index (κ3) is 8.16. The Morgan fingerprint density at radius 3 is 2.09 bits per heavy atom. The van der Waals surface area contributed by atoms with Gasteiger partial charge in [0.1, 0.15) is 18.5 Å². The van der Waals surface area contributed by atoms with Crippen molar-refractivity contribution in [3.05, 3.63) is 11.6 Å². The number of allylic oxidation sites excluding steroid dienone is 2. The zero-order chi connectivity index (χ0) is 49.0. The lowest BCUT2D eigenvalue weighted by molar-refractivity contribution is -0.374. The summed E-state index contributed by atoms with van der Waals surface area (Å²) in [5.74, 6) is 1.91. The molecule has 3 saturated heterocycles. The molecule has 9 unspecified atom stereocenters. The first-order valence-corrected chi connectivity index (χ1v) is 27.1. The first-order valence-electron chi connectivity index (χ1n) is 27.1. The Labute approximate surface area is 405 Å². The molecule has 0 aromatic carbocycles. The fraction of sp³-hybridized carbons (Fsp3) is 0.930. The van der Waals surface area contributed by atoms with Gasteiger partial charge < -0.3 is 43.1 Å². The topological polar surface area (TPSA) is 119 Å². The number of hydrogen-bond donors (Lipinski definition) is 1. The number of hydrogen-bond acceptors (Lipinski definition) is 10. The first-order chi connectivity index (χ1) is 31.4. The highest BCUT2D eigenvalue weighted by Gasteiger charge is 2.71. The van der Waals surface area contributed by atoms with E-state index in [0.29, 0.717) is 42.6 Å². The van der Waals surface area contributed by atoms with E-state index in [1.54, 1.807) is 12.5 Å². The van der Waals surface area contributed by atoms with Crippen molar-refractivity contribution in [2.45, 2.75) is 224 Å². The predicted molar refractivity (Wildman–Crippen MR) is 259 cm³/mol. The van der Waals surface area contributed by atoms with Crippen molar-refractivity contribution < 1.29 is 47.9 Å². The molecule has 10 nitrogen and oxygen atoms in total. The van der Waals surface area contributed by atoms with E-state index in [-0.39, 0.29) is 81.3 Å². The Kier molecular flexibility index (Phi) is 14.5. The molecule has 0 radical (unpaired) electrons. The van der Waals surface area contributed by atoms with Gasteiger partial charge in [0.05, 0.1) is 43.0 Å². The summed E-state index contributed by atoms with van der Waals surface area (Å²) in [6.07, 6.45) is 8.55. The number of ketones is 1. The molecule has 3 aliphatic heterocycles. The van der Waals surface area contributed by atoms with Crippen LogP contribution in [0.1, 0.15) is 168 Å². The van der Waals surface area contributed by atoms with Gasteiger partial charge in [0.2, 0.25) is 0 Å². The highest BCUT2D eigenvalue weighted by atomic mass is 16.8. The number of carbonyl (C=O) groups excluding carboxylic acids is 2. The minimum Gasteiger partial charge on any atom is -0.396 e. The van der Waals surface area contributed by atoms with Gasteiger partial charge in [0.25, 0.3) is 0 Å². The standard InChI is InChI=1S/C57H94O10/c1-17-41-34(5)33(4)36(7)50(63-41)67-48-47(66-49-35(6)32(3)31(2)28-62-49)37(8)46(38(9)60)65-51(48)64-44-21-22-53(12)42(54(44,13)29-58)20-23-55(14)43(53)19-18-39-40-26-52(10,11)24-25-57(40,30-59)45(61-16)27-56(39,55)15/h18,29,31-37,40-51,59H,17,19-28,30H2,1-16H3/t31-,32+,33+,34-,35?,36?,37-,40?,41?,42-,43?,44+,45?,46?,47+,48?,49+,50+,51-,53?,54-,55+,56-,57-/m1/s1. The Morgan fingerprint density at radius 2 is 1.45 bits per heavy atom. The number of methoxy groups -OCH3 is 1. The molecular weight excluding hydrogens is 845 g/mol. The van der Waals surface area contributed by atoms with Crippen molar-refractivity contribution in [3.8, 4) is 0 Å². The van der Waals surface area contributed by atoms with Crippen molar-refractivity contribution >= 4 is 12.1 Å². The van der Waals surface area contributed by atoms with Gasteiger partial charge in [-0.05, 0) is 134 Å². The first kappa shape index (κ1) is 52.1. The summed E-state index contributed by atoms with van der Waals surface area (Å²) in [6, 6.07) is 0. The lowest BCUT2D eigenvalue weighted by Gasteiger charge is -2.72. The minimum absolute atomic E-state index is 0.0208. The quantitative estimate of drug-likeness (QED) is 0.122. The fourth-order valence-corrected chi connectivity index (χ4v) is 17.0. The van der Waals surface area contributed by atoms with Crippen molar-refractivity contribution in [3.63, 3.8) is 0 Å². The van der Waals surface area contributed by atoms with E-state index < -0.39 is 48.7 Å². The summed E-state index contributed by atoms with van der Waals surface area (Å²) >= 11 is 0. The number of rotatable bonds is 11. The summed E-state index contributed by atoms with van der Waals surface area (Å²) in [7, 11) is 1.87. The van der Waals surface area contributed by atoms with Crippen molar-refractivity contribution in [1.82, 2.24) is 0 Å². The molecule has 3 heterocycles. The van der Waals surface area contributed by atoms with Crippen LogP contribution in [0.4, 0.5) is 0 Å². The molecule has 0 bridgehead atoms. The Bertz CT molecular complexity index is 1830. The maximum Gasteiger partial charge on any atom is 0.187 e. The Hall–Kier alpha value is -1.24. The van der Waals surface area contributed by atoms with E-state index in [2.05, 4.69) is 96.1 Å². The van der Waals surface area contributed by atoms with Crippen LogP contribution >= 0.6 is 0 Å². The molecule has 7 fully saturated rings. The molecule has 8 rings (SSSR count). The molecule has 1 N–H and O–H groups in total. The van der Waals surface area contributed by atoms with E-state index in [1.807, 2.05) is 14.0 Å². The summed E-state index contributed by atoms with van der Waals surface area (Å²) in [4.78, 5) is 27.8. The van der Waals surface area contributed by atoms with Crippen molar-refractivity contribution in [1.29, 1.82) is 0 Å². The fourth-order valence-electron chi connectivity index (χ4n) is 17.0. The van der Waals surface area contributed by atoms with Crippen LogP contribution in [0.15, 0.2) is 11.6 Å². The average Bonchev–Trinajstić information content (AvgIpc) is 3.28. The van der Waals surface area contributed by atoms with Crippen LogP contribution in [0.3, 0.4) is 0 Å². The normalized spacial score (nSPS) is 54.1. The van der Waals surface area contributed by atoms with Crippen LogP contribution in [-0.4, -0.2) is 93.0 Å². The van der Waals surface area contributed by atoms with Gasteiger partial charge >= 0.3 is 0 Å². The zero-order valence-electron chi connectivity index (χ0n) is 44.7. The predicted octanol–water partition coefficient (Wildman–Crippen LogP) is 11.0. The van der Waals surface area contributed by atoms with Crippen molar-refractivity contribution in [2.75, 3.05) is 20.3 Å². The van der Waals surface area contributed by atoms with Gasteiger partial charge in [0, 0.05) is 30.3 Å². The van der Waals surface area contributed by atoms with Crippen LogP contribution < -0.4 is 0 Å². The molecule has 67 heavy (non-hydrogen) atoms. The van der Waals surface area contributed by atoms with Crippen LogP contribution in [0, 0.1) is 91.7 Å². The van der Waals surface area contributed by atoms with E-state index >= 15 is 0 Å². The molecule has 0 aromatic heterocycles. The monoisotopic (exact) mass is 939 g/mol. The molecule has 4 saturated carbocycles. The summed E-state index contributed by atoms with van der Waals surface area (Å²) in [6.45, 7) is 34.5. The maximum atomic E-state index is 14.1. The average molecular weight is 939 g/mol. The third-order valence-corrected chi connectivity index (χ3v) is 22.6.